The molecule has 0 saturated carbocycles. The van der Waals surface area contributed by atoms with Crippen LogP contribution in [0, 0.1) is 11.7 Å². The highest BCUT2D eigenvalue weighted by atomic mass is 35.5. The molecule has 2 unspecified atom stereocenters. The highest BCUT2D eigenvalue weighted by Crippen LogP contribution is 2.24. The minimum Gasteiger partial charge on any atom is -0.496 e. The second-order valence-corrected chi connectivity index (χ2v) is 11.2. The smallest absolute Gasteiger partial charge is 0.305 e. The standard InChI is InChI=1S/C29H34ClFN2O8S/c1-16(2)28(33-25(35)12-18-11-17(8-10-26(36)37)7-9-24(18)41-3)29(40)32-22(13-27(38)39)23(34)15-42-14-19-20(30)5-4-6-21(19)31/h4-7,9,11,16,22,28H,8,10,12-15H2,1-3H3,(H,32,40)(H,33,35)(H,36,37)(H,38,39). The number of carbonyl (C=O) groups excluding carboxylic acids is 3. The van der Waals surface area contributed by atoms with E-state index < -0.39 is 59.8 Å². The molecule has 4 N–H and O–H groups in total. The monoisotopic (exact) mass is 624 g/mol. The quantitative estimate of drug-likeness (QED) is 0.206. The van der Waals surface area contributed by atoms with Gasteiger partial charge >= 0.3 is 11.9 Å². The average molecular weight is 625 g/mol. The lowest BCUT2D eigenvalue weighted by molar-refractivity contribution is -0.140. The molecule has 2 amide bonds. The Balaban J connectivity index is 2.08. The number of carbonyl (C=O) groups is 5. The summed E-state index contributed by atoms with van der Waals surface area (Å²) in [6, 6.07) is 6.75. The molecule has 0 fully saturated rings. The fourth-order valence-electron chi connectivity index (χ4n) is 4.02. The van der Waals surface area contributed by atoms with Crippen LogP contribution in [0.4, 0.5) is 4.39 Å². The van der Waals surface area contributed by atoms with Crippen molar-refractivity contribution in [2.24, 2.45) is 5.92 Å². The fourth-order valence-corrected chi connectivity index (χ4v) is 5.33. The molecule has 13 heteroatoms. The van der Waals surface area contributed by atoms with Crippen LogP contribution in [0.3, 0.4) is 0 Å². The Hall–Kier alpha value is -3.64. The highest BCUT2D eigenvalue weighted by Gasteiger charge is 2.30. The normalized spacial score (nSPS) is 12.3. The molecule has 0 aliphatic rings. The maximum atomic E-state index is 14.0. The second-order valence-electron chi connectivity index (χ2n) is 9.82. The summed E-state index contributed by atoms with van der Waals surface area (Å²) >= 11 is 7.05. The molecule has 42 heavy (non-hydrogen) atoms. The van der Waals surface area contributed by atoms with Gasteiger partial charge in [0.15, 0.2) is 5.78 Å². The molecule has 10 nitrogen and oxygen atoms in total. The van der Waals surface area contributed by atoms with E-state index in [2.05, 4.69) is 10.6 Å². The maximum absolute atomic E-state index is 14.0. The zero-order valence-electron chi connectivity index (χ0n) is 23.4. The lowest BCUT2D eigenvalue weighted by atomic mass is 10.00. The summed E-state index contributed by atoms with van der Waals surface area (Å²) in [7, 11) is 1.43. The van der Waals surface area contributed by atoms with Crippen LogP contribution in [-0.2, 0) is 42.6 Å². The first-order valence-electron chi connectivity index (χ1n) is 13.0. The number of hydrogen-bond donors (Lipinski definition) is 4. The van der Waals surface area contributed by atoms with Crippen molar-refractivity contribution in [3.63, 3.8) is 0 Å². The number of Topliss-reactive ketones (excluding diaryl/α,β-unsaturated/α-hetero) is 1. The second kappa shape index (κ2) is 16.7. The first-order valence-corrected chi connectivity index (χ1v) is 14.6. The van der Waals surface area contributed by atoms with Crippen molar-refractivity contribution in [3.05, 3.63) is 63.9 Å². The van der Waals surface area contributed by atoms with Gasteiger partial charge in [-0.05, 0) is 36.1 Å². The molecule has 2 atom stereocenters. The van der Waals surface area contributed by atoms with Crippen LogP contribution in [-0.4, -0.2) is 64.7 Å². The summed E-state index contributed by atoms with van der Waals surface area (Å²) in [5, 5.41) is 23.6. The van der Waals surface area contributed by atoms with Crippen LogP contribution in [0.25, 0.3) is 0 Å². The van der Waals surface area contributed by atoms with Crippen molar-refractivity contribution in [1.82, 2.24) is 10.6 Å². The number of hydrogen-bond acceptors (Lipinski definition) is 7. The Morgan fingerprint density at radius 3 is 2.36 bits per heavy atom. The zero-order chi connectivity index (χ0) is 31.4. The minimum atomic E-state index is -1.37. The van der Waals surface area contributed by atoms with Gasteiger partial charge in [0.2, 0.25) is 11.8 Å². The van der Waals surface area contributed by atoms with Crippen LogP contribution in [0.1, 0.15) is 43.4 Å². The number of methoxy groups -OCH3 is 1. The summed E-state index contributed by atoms with van der Waals surface area (Å²) in [5.74, 6) is -4.79. The first kappa shape index (κ1) is 34.6. The predicted octanol–water partition coefficient (Wildman–Crippen LogP) is 3.65. The Labute approximate surface area is 252 Å². The van der Waals surface area contributed by atoms with E-state index >= 15 is 0 Å². The van der Waals surface area contributed by atoms with Gasteiger partial charge in [0, 0.05) is 28.3 Å². The fraction of sp³-hybridized carbons (Fsp3) is 0.414. The number of rotatable bonds is 17. The van der Waals surface area contributed by atoms with Crippen LogP contribution >= 0.6 is 23.4 Å². The average Bonchev–Trinajstić information content (AvgIpc) is 2.91. The van der Waals surface area contributed by atoms with E-state index in [-0.39, 0.29) is 41.4 Å². The van der Waals surface area contributed by atoms with Crippen LogP contribution < -0.4 is 15.4 Å². The zero-order valence-corrected chi connectivity index (χ0v) is 25.0. The molecule has 228 valence electrons. The van der Waals surface area contributed by atoms with Crippen molar-refractivity contribution in [3.8, 4) is 5.75 Å². The summed E-state index contributed by atoms with van der Waals surface area (Å²) < 4.78 is 19.3. The van der Waals surface area contributed by atoms with Crippen molar-refractivity contribution in [2.75, 3.05) is 12.9 Å². The third-order valence-corrected chi connectivity index (χ3v) is 7.56. The van der Waals surface area contributed by atoms with E-state index in [1.165, 1.54) is 25.3 Å². The third kappa shape index (κ3) is 11.0. The lowest BCUT2D eigenvalue weighted by Gasteiger charge is -2.25. The van der Waals surface area contributed by atoms with Crippen molar-refractivity contribution in [2.45, 2.75) is 57.4 Å². The highest BCUT2D eigenvalue weighted by molar-refractivity contribution is 7.99. The van der Waals surface area contributed by atoms with Gasteiger partial charge in [0.1, 0.15) is 17.6 Å². The number of carboxylic acid groups (broad SMARTS) is 2. The molecule has 2 rings (SSSR count). The van der Waals surface area contributed by atoms with Crippen LogP contribution in [0.15, 0.2) is 36.4 Å². The Morgan fingerprint density at radius 1 is 1.05 bits per heavy atom. The van der Waals surface area contributed by atoms with E-state index in [4.69, 9.17) is 21.4 Å². The SMILES string of the molecule is COc1ccc(CCC(=O)O)cc1CC(=O)NC(C(=O)NC(CC(=O)O)C(=O)CSCc1c(F)cccc1Cl)C(C)C. The number of aliphatic carboxylic acids is 2. The molecular formula is C29H34ClFN2O8S. The lowest BCUT2D eigenvalue weighted by Crippen LogP contribution is -2.54. The molecule has 0 heterocycles. The molecule has 0 bridgehead atoms. The van der Waals surface area contributed by atoms with Gasteiger partial charge < -0.3 is 25.6 Å². The summed E-state index contributed by atoms with van der Waals surface area (Å²) in [4.78, 5) is 61.3. The Kier molecular flexibility index (Phi) is 13.8. The van der Waals surface area contributed by atoms with E-state index in [0.29, 0.717) is 16.9 Å². The molecule has 0 spiro atoms. The maximum Gasteiger partial charge on any atom is 0.305 e. The molecule has 0 saturated heterocycles. The Morgan fingerprint density at radius 2 is 1.76 bits per heavy atom. The molecule has 0 radical (unpaired) electrons. The Bertz CT molecular complexity index is 1290. The van der Waals surface area contributed by atoms with Gasteiger partial charge in [0.25, 0.3) is 0 Å². The number of thioether (sulfide) groups is 1. The number of amides is 2. The number of ketones is 1. The number of carboxylic acids is 2. The van der Waals surface area contributed by atoms with Gasteiger partial charge in [-0.15, -0.1) is 11.8 Å². The molecule has 0 aliphatic heterocycles. The number of ether oxygens (including phenoxy) is 1. The topological polar surface area (TPSA) is 159 Å². The predicted molar refractivity (Wildman–Crippen MR) is 156 cm³/mol. The largest absolute Gasteiger partial charge is 0.496 e. The van der Waals surface area contributed by atoms with E-state index in [0.717, 1.165) is 11.8 Å². The van der Waals surface area contributed by atoms with E-state index in [9.17, 15) is 33.5 Å². The van der Waals surface area contributed by atoms with Crippen LogP contribution in [0.5, 0.6) is 5.75 Å². The van der Waals surface area contributed by atoms with Gasteiger partial charge in [-0.25, -0.2) is 4.39 Å². The number of nitrogens with one attached hydrogen (secondary N) is 2. The van der Waals surface area contributed by atoms with Crippen LogP contribution in [0.2, 0.25) is 5.02 Å². The van der Waals surface area contributed by atoms with E-state index in [1.54, 1.807) is 32.0 Å². The van der Waals surface area contributed by atoms with Gasteiger partial charge in [0.05, 0.1) is 31.7 Å². The van der Waals surface area contributed by atoms with Crippen molar-refractivity contribution >= 4 is 52.9 Å². The molecule has 2 aromatic rings. The van der Waals surface area contributed by atoms with Gasteiger partial charge in [-0.1, -0.05) is 43.6 Å². The minimum absolute atomic E-state index is 0.0661. The van der Waals surface area contributed by atoms with E-state index in [1.807, 2.05) is 0 Å². The van der Waals surface area contributed by atoms with Crippen molar-refractivity contribution < 1.29 is 43.3 Å². The molecule has 2 aromatic carbocycles. The summed E-state index contributed by atoms with van der Waals surface area (Å²) in [6.45, 7) is 3.36. The number of benzene rings is 2. The molecule has 0 aromatic heterocycles. The summed E-state index contributed by atoms with van der Waals surface area (Å²) in [5.41, 5.74) is 1.40. The van der Waals surface area contributed by atoms with Crippen molar-refractivity contribution in [1.29, 1.82) is 0 Å². The first-order chi connectivity index (χ1) is 19.8. The van der Waals surface area contributed by atoms with Gasteiger partial charge in [-0.2, -0.15) is 0 Å². The number of halogens is 2. The third-order valence-electron chi connectivity index (χ3n) is 6.23. The molecule has 0 aliphatic carbocycles. The molecular weight excluding hydrogens is 591 g/mol. The van der Waals surface area contributed by atoms with Gasteiger partial charge in [-0.3, -0.25) is 24.0 Å². The number of aryl methyl sites for hydroxylation is 1. The summed E-state index contributed by atoms with van der Waals surface area (Å²) in [6.07, 6.45) is -0.674.